The SMILES string of the molecule is COc1ccc(N2CCCCS2(O)O)cc1C(=O)Nc1c(C(=O)Nc2ccc(F)c(C(F)(F)F)c2)sc2cc(C(F)(F)F)ccc12. The fourth-order valence-corrected chi connectivity index (χ4v) is 7.66. The van der Waals surface area contributed by atoms with Gasteiger partial charge in [-0.15, -0.1) is 22.1 Å². The van der Waals surface area contributed by atoms with Crippen LogP contribution in [-0.2, 0) is 12.4 Å². The Hall–Kier alpha value is -4.06. The van der Waals surface area contributed by atoms with Gasteiger partial charge in [-0.25, -0.2) is 4.39 Å². The van der Waals surface area contributed by atoms with Crippen LogP contribution in [0, 0.1) is 5.82 Å². The van der Waals surface area contributed by atoms with Gasteiger partial charge in [0, 0.05) is 22.3 Å². The second-order valence-electron chi connectivity index (χ2n) is 10.1. The van der Waals surface area contributed by atoms with Crippen LogP contribution in [0.15, 0.2) is 54.6 Å². The van der Waals surface area contributed by atoms with E-state index in [0.717, 1.165) is 24.3 Å². The van der Waals surface area contributed by atoms with Crippen molar-refractivity contribution in [1.29, 1.82) is 0 Å². The van der Waals surface area contributed by atoms with Crippen molar-refractivity contribution in [3.63, 3.8) is 0 Å². The first-order chi connectivity index (χ1) is 21.5. The number of alkyl halides is 6. The molecule has 5 rings (SSSR count). The second-order valence-corrected chi connectivity index (χ2v) is 13.3. The number of carbonyl (C=O) groups is 2. The summed E-state index contributed by atoms with van der Waals surface area (Å²) in [6.07, 6.45) is -8.58. The number of amides is 2. The van der Waals surface area contributed by atoms with E-state index in [1.807, 2.05) is 0 Å². The standard InChI is InChI=1S/C29H24F7N3O5S2/c1-44-22-9-6-17(39-10-2-3-11-46(39,42)43)14-19(22)26(40)38-24-18-7-4-15(28(31,32)33)12-23(18)45-25(24)27(41)37-16-5-8-21(30)20(13-16)29(34,35)36/h4-9,12-14,42-43H,2-3,10-11H2,1H3,(H,37,41)(H,38,40). The Kier molecular flexibility index (Phi) is 8.89. The number of hydrogen-bond acceptors (Lipinski definition) is 7. The van der Waals surface area contributed by atoms with Crippen molar-refractivity contribution in [2.45, 2.75) is 25.2 Å². The van der Waals surface area contributed by atoms with Gasteiger partial charge in [-0.1, -0.05) is 6.07 Å². The summed E-state index contributed by atoms with van der Waals surface area (Å²) in [6, 6.07) is 8.54. The first kappa shape index (κ1) is 33.3. The van der Waals surface area contributed by atoms with E-state index in [-0.39, 0.29) is 49.9 Å². The molecule has 0 unspecified atom stereocenters. The Labute approximate surface area is 262 Å². The molecule has 0 aliphatic carbocycles. The van der Waals surface area contributed by atoms with E-state index in [1.165, 1.54) is 29.6 Å². The summed E-state index contributed by atoms with van der Waals surface area (Å²) in [5.74, 6) is -3.39. The molecule has 0 saturated carbocycles. The summed E-state index contributed by atoms with van der Waals surface area (Å²) >= 11 is 0.542. The molecule has 2 heterocycles. The molecule has 4 aromatic rings. The average molecular weight is 692 g/mol. The van der Waals surface area contributed by atoms with Crippen LogP contribution in [0.2, 0.25) is 0 Å². The maximum absolute atomic E-state index is 13.8. The number of ether oxygens (including phenoxy) is 1. The largest absolute Gasteiger partial charge is 0.496 e. The number of halogens is 7. The molecule has 0 atom stereocenters. The molecule has 2 amide bonds. The normalized spacial score (nSPS) is 15.8. The maximum atomic E-state index is 13.8. The third kappa shape index (κ3) is 6.72. The van der Waals surface area contributed by atoms with E-state index in [4.69, 9.17) is 4.74 Å². The molecule has 1 aromatic heterocycles. The van der Waals surface area contributed by atoms with Gasteiger partial charge in [-0.05, 0) is 61.4 Å². The van der Waals surface area contributed by atoms with Gasteiger partial charge in [0.1, 0.15) is 16.4 Å². The highest BCUT2D eigenvalue weighted by Gasteiger charge is 2.35. The molecule has 46 heavy (non-hydrogen) atoms. The fraction of sp³-hybridized carbons (Fsp3) is 0.241. The molecule has 4 N–H and O–H groups in total. The smallest absolute Gasteiger partial charge is 0.419 e. The zero-order valence-electron chi connectivity index (χ0n) is 23.6. The number of anilines is 3. The van der Waals surface area contributed by atoms with Crippen molar-refractivity contribution in [3.8, 4) is 5.75 Å². The summed E-state index contributed by atoms with van der Waals surface area (Å²) in [6.45, 7) is 0.288. The predicted molar refractivity (Wildman–Crippen MR) is 161 cm³/mol. The van der Waals surface area contributed by atoms with Gasteiger partial charge in [-0.2, -0.15) is 26.3 Å². The van der Waals surface area contributed by atoms with E-state index in [9.17, 15) is 49.4 Å². The van der Waals surface area contributed by atoms with Gasteiger partial charge in [0.25, 0.3) is 11.8 Å². The molecule has 246 valence electrons. The minimum absolute atomic E-state index is 0.0203. The Morgan fingerprint density at radius 2 is 1.65 bits per heavy atom. The van der Waals surface area contributed by atoms with Crippen molar-refractivity contribution < 1.29 is 54.2 Å². The third-order valence-electron chi connectivity index (χ3n) is 7.09. The molecule has 0 spiro atoms. The van der Waals surface area contributed by atoms with Crippen molar-refractivity contribution in [2.24, 2.45) is 0 Å². The number of carbonyl (C=O) groups excluding carboxylic acids is 2. The number of nitrogens with one attached hydrogen (secondary N) is 2. The van der Waals surface area contributed by atoms with E-state index >= 15 is 0 Å². The molecule has 1 fully saturated rings. The Bertz CT molecular complexity index is 1830. The molecule has 0 radical (unpaired) electrons. The molecule has 17 heteroatoms. The lowest BCUT2D eigenvalue weighted by atomic mass is 10.1. The lowest BCUT2D eigenvalue weighted by molar-refractivity contribution is -0.140. The number of rotatable bonds is 6. The van der Waals surface area contributed by atoms with Crippen LogP contribution < -0.4 is 19.7 Å². The maximum Gasteiger partial charge on any atom is 0.419 e. The predicted octanol–water partition coefficient (Wildman–Crippen LogP) is 8.86. The minimum atomic E-state index is -5.08. The Morgan fingerprint density at radius 1 is 0.913 bits per heavy atom. The first-order valence-electron chi connectivity index (χ1n) is 13.3. The lowest BCUT2D eigenvalue weighted by Gasteiger charge is -2.47. The van der Waals surface area contributed by atoms with E-state index in [1.54, 1.807) is 0 Å². The van der Waals surface area contributed by atoms with Crippen LogP contribution in [0.1, 0.15) is 44.0 Å². The zero-order valence-corrected chi connectivity index (χ0v) is 25.2. The van der Waals surface area contributed by atoms with Gasteiger partial charge < -0.3 is 15.4 Å². The average Bonchev–Trinajstić information content (AvgIpc) is 3.34. The minimum Gasteiger partial charge on any atom is -0.496 e. The highest BCUT2D eigenvalue weighted by Crippen LogP contribution is 2.50. The zero-order chi connectivity index (χ0) is 33.6. The van der Waals surface area contributed by atoms with E-state index in [0.29, 0.717) is 36.3 Å². The van der Waals surface area contributed by atoms with Crippen molar-refractivity contribution in [1.82, 2.24) is 0 Å². The van der Waals surface area contributed by atoms with Crippen molar-refractivity contribution in [3.05, 3.63) is 82.0 Å². The monoisotopic (exact) mass is 691 g/mol. The number of hydrogen-bond donors (Lipinski definition) is 4. The number of fused-ring (bicyclic) bond motifs is 1. The first-order valence-corrected chi connectivity index (χ1v) is 15.8. The highest BCUT2D eigenvalue weighted by molar-refractivity contribution is 8.25. The van der Waals surface area contributed by atoms with Crippen molar-refractivity contribution in [2.75, 3.05) is 34.3 Å². The molecule has 1 aliphatic heterocycles. The lowest BCUT2D eigenvalue weighted by Crippen LogP contribution is -2.34. The molecule has 1 aliphatic rings. The summed E-state index contributed by atoms with van der Waals surface area (Å²) < 4.78 is 122. The van der Waals surface area contributed by atoms with Gasteiger partial charge in [0.05, 0.1) is 40.9 Å². The van der Waals surface area contributed by atoms with Crippen LogP contribution >= 0.6 is 22.1 Å². The van der Waals surface area contributed by atoms with Crippen molar-refractivity contribution >= 4 is 61.1 Å². The van der Waals surface area contributed by atoms with Crippen LogP contribution in [0.3, 0.4) is 0 Å². The molecule has 0 bridgehead atoms. The number of thiophene rings is 1. The van der Waals surface area contributed by atoms with Gasteiger partial charge in [-0.3, -0.25) is 23.0 Å². The van der Waals surface area contributed by atoms with Gasteiger partial charge >= 0.3 is 12.4 Å². The molecule has 8 nitrogen and oxygen atoms in total. The summed E-state index contributed by atoms with van der Waals surface area (Å²) in [7, 11) is -1.90. The highest BCUT2D eigenvalue weighted by atomic mass is 32.3. The topological polar surface area (TPSA) is 111 Å². The van der Waals surface area contributed by atoms with Crippen LogP contribution in [0.5, 0.6) is 5.75 Å². The second kappa shape index (κ2) is 12.3. The van der Waals surface area contributed by atoms with Gasteiger partial charge in [0.15, 0.2) is 0 Å². The van der Waals surface area contributed by atoms with E-state index in [2.05, 4.69) is 10.6 Å². The number of methoxy groups -OCH3 is 1. The summed E-state index contributed by atoms with van der Waals surface area (Å²) in [5.41, 5.74) is -3.24. The van der Waals surface area contributed by atoms with Crippen LogP contribution in [0.4, 0.5) is 47.8 Å². The van der Waals surface area contributed by atoms with E-state index < -0.39 is 57.6 Å². The molecule has 3 aromatic carbocycles. The van der Waals surface area contributed by atoms with Gasteiger partial charge in [0.2, 0.25) is 0 Å². The Balaban J connectivity index is 1.56. The molecule has 1 saturated heterocycles. The molecular weight excluding hydrogens is 667 g/mol. The number of benzene rings is 3. The van der Waals surface area contributed by atoms with Crippen LogP contribution in [-0.4, -0.2) is 40.3 Å². The Morgan fingerprint density at radius 3 is 2.30 bits per heavy atom. The summed E-state index contributed by atoms with van der Waals surface area (Å²) in [4.78, 5) is 26.7. The quantitative estimate of drug-likeness (QED) is 0.150. The third-order valence-corrected chi connectivity index (χ3v) is 10.2. The summed E-state index contributed by atoms with van der Waals surface area (Å²) in [5, 5.41) is 4.73. The van der Waals surface area contributed by atoms with Crippen LogP contribution in [0.25, 0.3) is 10.1 Å². The fourth-order valence-electron chi connectivity index (χ4n) is 4.88. The number of nitrogens with zero attached hydrogens (tertiary/aromatic N) is 1. The molecular formula is C29H24F7N3O5S2.